The summed E-state index contributed by atoms with van der Waals surface area (Å²) >= 11 is 0. The molecule has 0 spiro atoms. The molecule has 0 aliphatic heterocycles. The number of carbonyl (C=O) groups is 2. The first kappa shape index (κ1) is 14.2. The van der Waals surface area contributed by atoms with Gasteiger partial charge in [-0.05, 0) is 18.2 Å². The first-order valence-corrected chi connectivity index (χ1v) is 5.10. The molecule has 0 saturated carbocycles. The second kappa shape index (κ2) is 6.74. The fourth-order valence-electron chi connectivity index (χ4n) is 1.24. The Labute approximate surface area is 108 Å². The number of carboxylic acid groups (broad SMARTS) is 1. The van der Waals surface area contributed by atoms with Gasteiger partial charge in [0.25, 0.3) is 0 Å². The van der Waals surface area contributed by atoms with Crippen molar-refractivity contribution >= 4 is 17.6 Å². The Hall–Kier alpha value is -2.90. The third-order valence-electron chi connectivity index (χ3n) is 2.00. The molecule has 0 bridgehead atoms. The van der Waals surface area contributed by atoms with E-state index in [4.69, 9.17) is 15.6 Å². The molecular weight excluding hydrogens is 250 g/mol. The maximum absolute atomic E-state index is 11.4. The zero-order valence-electron chi connectivity index (χ0n) is 9.71. The number of carboxylic acids is 1. The van der Waals surface area contributed by atoms with Crippen molar-refractivity contribution < 1.29 is 19.4 Å². The highest BCUT2D eigenvalue weighted by Gasteiger charge is 2.07. The van der Waals surface area contributed by atoms with Crippen LogP contribution >= 0.6 is 0 Å². The van der Waals surface area contributed by atoms with Gasteiger partial charge in [0, 0.05) is 5.69 Å². The van der Waals surface area contributed by atoms with Crippen LogP contribution in [0.4, 0.5) is 5.69 Å². The van der Waals surface area contributed by atoms with Crippen molar-refractivity contribution in [2.45, 2.75) is 0 Å². The van der Waals surface area contributed by atoms with Crippen LogP contribution in [-0.2, 0) is 14.3 Å². The Morgan fingerprint density at radius 2 is 1.89 bits per heavy atom. The van der Waals surface area contributed by atoms with E-state index in [1.807, 2.05) is 12.1 Å². The SMILES string of the molecule is N#Cc1ccc(NC(=O)COCC(=O)O)cc1C#N. The molecule has 0 saturated heterocycles. The quantitative estimate of drug-likeness (QED) is 0.792. The fraction of sp³-hybridized carbons (Fsp3) is 0.167. The van der Waals surface area contributed by atoms with Gasteiger partial charge in [-0.2, -0.15) is 10.5 Å². The number of hydrogen-bond acceptors (Lipinski definition) is 5. The Kier molecular flexibility index (Phi) is 5.03. The molecule has 2 N–H and O–H groups in total. The molecule has 7 nitrogen and oxygen atoms in total. The van der Waals surface area contributed by atoms with Crippen LogP contribution in [0.5, 0.6) is 0 Å². The molecule has 1 rings (SSSR count). The van der Waals surface area contributed by atoms with Crippen LogP contribution in [0.2, 0.25) is 0 Å². The molecule has 0 fully saturated rings. The summed E-state index contributed by atoms with van der Waals surface area (Å²) in [4.78, 5) is 21.5. The second-order valence-corrected chi connectivity index (χ2v) is 3.42. The summed E-state index contributed by atoms with van der Waals surface area (Å²) in [6, 6.07) is 7.91. The topological polar surface area (TPSA) is 123 Å². The van der Waals surface area contributed by atoms with E-state index in [0.717, 1.165) is 0 Å². The molecule has 0 heterocycles. The first-order valence-electron chi connectivity index (χ1n) is 5.10. The average molecular weight is 259 g/mol. The molecule has 0 aliphatic rings. The number of amides is 1. The van der Waals surface area contributed by atoms with Crippen LogP contribution in [0.3, 0.4) is 0 Å². The van der Waals surface area contributed by atoms with Crippen molar-refractivity contribution in [3.8, 4) is 12.1 Å². The number of ether oxygens (including phenoxy) is 1. The van der Waals surface area contributed by atoms with Crippen LogP contribution in [0.25, 0.3) is 0 Å². The van der Waals surface area contributed by atoms with Gasteiger partial charge < -0.3 is 15.2 Å². The van der Waals surface area contributed by atoms with Crippen molar-refractivity contribution in [3.05, 3.63) is 29.3 Å². The third kappa shape index (κ3) is 4.46. The van der Waals surface area contributed by atoms with E-state index in [9.17, 15) is 9.59 Å². The lowest BCUT2D eigenvalue weighted by atomic mass is 10.1. The molecule has 1 aromatic rings. The number of benzene rings is 1. The van der Waals surface area contributed by atoms with Gasteiger partial charge in [-0.1, -0.05) is 0 Å². The molecule has 0 radical (unpaired) electrons. The number of nitriles is 2. The Morgan fingerprint density at radius 1 is 1.21 bits per heavy atom. The van der Waals surface area contributed by atoms with Gasteiger partial charge in [0.15, 0.2) is 0 Å². The summed E-state index contributed by atoms with van der Waals surface area (Å²) in [5.74, 6) is -1.72. The number of nitrogens with zero attached hydrogens (tertiary/aromatic N) is 2. The Bertz CT molecular complexity index is 584. The zero-order chi connectivity index (χ0) is 14.3. The second-order valence-electron chi connectivity index (χ2n) is 3.42. The smallest absolute Gasteiger partial charge is 0.329 e. The summed E-state index contributed by atoms with van der Waals surface area (Å²) < 4.78 is 4.60. The van der Waals surface area contributed by atoms with Gasteiger partial charge in [0.2, 0.25) is 5.91 Å². The van der Waals surface area contributed by atoms with Crippen molar-refractivity contribution in [2.24, 2.45) is 0 Å². The molecule has 0 atom stereocenters. The van der Waals surface area contributed by atoms with Gasteiger partial charge in [0.1, 0.15) is 25.4 Å². The highest BCUT2D eigenvalue weighted by atomic mass is 16.5. The van der Waals surface area contributed by atoms with Crippen molar-refractivity contribution in [1.82, 2.24) is 0 Å². The van der Waals surface area contributed by atoms with E-state index in [-0.39, 0.29) is 11.1 Å². The van der Waals surface area contributed by atoms with E-state index in [0.29, 0.717) is 5.69 Å². The molecule has 96 valence electrons. The van der Waals surface area contributed by atoms with Gasteiger partial charge >= 0.3 is 5.97 Å². The number of hydrogen-bond donors (Lipinski definition) is 2. The first-order chi connectivity index (χ1) is 9.06. The molecule has 1 aromatic carbocycles. The van der Waals surface area contributed by atoms with Gasteiger partial charge in [-0.3, -0.25) is 4.79 Å². The van der Waals surface area contributed by atoms with E-state index in [2.05, 4.69) is 10.1 Å². The highest BCUT2D eigenvalue weighted by Crippen LogP contribution is 2.14. The lowest BCUT2D eigenvalue weighted by Crippen LogP contribution is -2.20. The summed E-state index contributed by atoms with van der Waals surface area (Å²) in [6.45, 7) is -0.974. The predicted molar refractivity (Wildman–Crippen MR) is 63.0 cm³/mol. The number of nitrogens with one attached hydrogen (secondary N) is 1. The molecule has 0 aromatic heterocycles. The highest BCUT2D eigenvalue weighted by molar-refractivity contribution is 5.92. The van der Waals surface area contributed by atoms with Crippen LogP contribution in [0.15, 0.2) is 18.2 Å². The zero-order valence-corrected chi connectivity index (χ0v) is 9.71. The minimum Gasteiger partial charge on any atom is -0.480 e. The molecule has 7 heteroatoms. The fourth-order valence-corrected chi connectivity index (χ4v) is 1.24. The maximum Gasteiger partial charge on any atom is 0.329 e. The molecule has 0 unspecified atom stereocenters. The van der Waals surface area contributed by atoms with E-state index in [1.54, 1.807) is 0 Å². The predicted octanol–water partition coefficient (Wildman–Crippen LogP) is 0.470. The Balaban J connectivity index is 2.63. The minimum atomic E-state index is -1.17. The van der Waals surface area contributed by atoms with Gasteiger partial charge in [-0.15, -0.1) is 0 Å². The largest absolute Gasteiger partial charge is 0.480 e. The Morgan fingerprint density at radius 3 is 2.47 bits per heavy atom. The molecule has 19 heavy (non-hydrogen) atoms. The van der Waals surface area contributed by atoms with Crippen molar-refractivity contribution in [1.29, 1.82) is 10.5 Å². The number of carbonyl (C=O) groups excluding carboxylic acids is 1. The summed E-state index contributed by atoms with van der Waals surface area (Å²) in [5, 5.41) is 28.3. The lowest BCUT2D eigenvalue weighted by Gasteiger charge is -2.06. The van der Waals surface area contributed by atoms with E-state index >= 15 is 0 Å². The molecule has 0 aliphatic carbocycles. The lowest BCUT2D eigenvalue weighted by molar-refractivity contribution is -0.143. The number of aliphatic carboxylic acids is 1. The maximum atomic E-state index is 11.4. The molecular formula is C12H9N3O4. The van der Waals surface area contributed by atoms with Crippen LogP contribution in [-0.4, -0.2) is 30.2 Å². The van der Waals surface area contributed by atoms with Crippen LogP contribution < -0.4 is 5.32 Å². The number of rotatable bonds is 5. The van der Waals surface area contributed by atoms with Crippen LogP contribution in [0.1, 0.15) is 11.1 Å². The standard InChI is InChI=1S/C12H9N3O4/c13-4-8-1-2-10(3-9(8)5-14)15-11(16)6-19-7-12(17)18/h1-3H,6-7H2,(H,15,16)(H,17,18). The van der Waals surface area contributed by atoms with E-state index in [1.165, 1.54) is 18.2 Å². The van der Waals surface area contributed by atoms with Crippen LogP contribution in [0, 0.1) is 22.7 Å². The van der Waals surface area contributed by atoms with Gasteiger partial charge in [0.05, 0.1) is 11.1 Å². The average Bonchev–Trinajstić information content (AvgIpc) is 2.38. The van der Waals surface area contributed by atoms with E-state index < -0.39 is 25.1 Å². The summed E-state index contributed by atoms with van der Waals surface area (Å²) in [5.41, 5.74) is 0.689. The van der Waals surface area contributed by atoms with Crippen molar-refractivity contribution in [2.75, 3.05) is 18.5 Å². The molecule has 1 amide bonds. The number of anilines is 1. The normalized spacial score (nSPS) is 9.16. The summed E-state index contributed by atoms with van der Waals surface area (Å²) in [6.07, 6.45) is 0. The third-order valence-corrected chi connectivity index (χ3v) is 2.00. The van der Waals surface area contributed by atoms with Gasteiger partial charge in [-0.25, -0.2) is 4.79 Å². The van der Waals surface area contributed by atoms with Crippen molar-refractivity contribution in [3.63, 3.8) is 0 Å². The monoisotopic (exact) mass is 259 g/mol. The minimum absolute atomic E-state index is 0.145. The summed E-state index contributed by atoms with van der Waals surface area (Å²) in [7, 11) is 0.